The standard InChI is InChI=1S/C14H26N2O/c1-9-14(2,5-6-17-9)16-8-12-10-3-4-11(7-10)13(12)15/h9-13,16H,3-8,15H2,1-2H3. The molecule has 3 N–H and O–H groups in total. The second kappa shape index (κ2) is 4.22. The lowest BCUT2D eigenvalue weighted by Crippen LogP contribution is -2.52. The van der Waals surface area contributed by atoms with Crippen LogP contribution in [-0.4, -0.2) is 30.8 Å². The van der Waals surface area contributed by atoms with Crippen LogP contribution in [0.25, 0.3) is 0 Å². The molecule has 6 unspecified atom stereocenters. The average molecular weight is 238 g/mol. The van der Waals surface area contributed by atoms with Crippen molar-refractivity contribution in [2.24, 2.45) is 23.5 Å². The molecule has 0 spiro atoms. The van der Waals surface area contributed by atoms with Gasteiger partial charge in [0.25, 0.3) is 0 Å². The maximum absolute atomic E-state index is 6.36. The summed E-state index contributed by atoms with van der Waals surface area (Å²) in [5.74, 6) is 2.42. The number of hydrogen-bond acceptors (Lipinski definition) is 3. The summed E-state index contributed by atoms with van der Waals surface area (Å²) in [5, 5.41) is 3.76. The third-order valence-electron chi connectivity index (χ3n) is 5.79. The molecule has 2 saturated carbocycles. The van der Waals surface area contributed by atoms with Gasteiger partial charge in [0.15, 0.2) is 0 Å². The third kappa shape index (κ3) is 1.92. The van der Waals surface area contributed by atoms with Crippen LogP contribution in [0.3, 0.4) is 0 Å². The number of rotatable bonds is 3. The van der Waals surface area contributed by atoms with Crippen LogP contribution in [-0.2, 0) is 4.74 Å². The van der Waals surface area contributed by atoms with Crippen LogP contribution < -0.4 is 11.1 Å². The Balaban J connectivity index is 1.58. The van der Waals surface area contributed by atoms with Gasteiger partial charge in [0, 0.05) is 24.7 Å². The Labute approximate surface area is 104 Å². The second-order valence-electron chi connectivity index (χ2n) is 6.64. The molecule has 2 bridgehead atoms. The Morgan fingerprint density at radius 1 is 1.35 bits per heavy atom. The van der Waals surface area contributed by atoms with E-state index < -0.39 is 0 Å². The van der Waals surface area contributed by atoms with E-state index in [0.29, 0.717) is 18.1 Å². The SMILES string of the molecule is CC1OCCC1(C)NCC1C2CCC(C2)C1N. The average Bonchev–Trinajstić information content (AvgIpc) is 2.95. The Morgan fingerprint density at radius 3 is 2.71 bits per heavy atom. The van der Waals surface area contributed by atoms with E-state index in [4.69, 9.17) is 10.5 Å². The van der Waals surface area contributed by atoms with Crippen LogP contribution >= 0.6 is 0 Å². The summed E-state index contributed by atoms with van der Waals surface area (Å²) < 4.78 is 5.68. The van der Waals surface area contributed by atoms with Crippen LogP contribution in [0, 0.1) is 17.8 Å². The van der Waals surface area contributed by atoms with Gasteiger partial charge in [0.1, 0.15) is 0 Å². The number of fused-ring (bicyclic) bond motifs is 2. The Morgan fingerprint density at radius 2 is 2.12 bits per heavy atom. The van der Waals surface area contributed by atoms with Gasteiger partial charge in [0.05, 0.1) is 6.10 Å². The Hall–Kier alpha value is -0.120. The number of hydrogen-bond donors (Lipinski definition) is 2. The molecule has 17 heavy (non-hydrogen) atoms. The molecule has 0 aromatic carbocycles. The zero-order chi connectivity index (χ0) is 12.0. The summed E-state index contributed by atoms with van der Waals surface area (Å²) in [6.07, 6.45) is 5.63. The molecule has 0 aromatic rings. The highest BCUT2D eigenvalue weighted by Gasteiger charge is 2.46. The molecule has 0 aromatic heterocycles. The van der Waals surface area contributed by atoms with Crippen molar-refractivity contribution in [1.29, 1.82) is 0 Å². The largest absolute Gasteiger partial charge is 0.377 e. The molecule has 2 aliphatic carbocycles. The normalized spacial score (nSPS) is 53.5. The molecule has 3 fully saturated rings. The molecule has 1 aliphatic heterocycles. The molecule has 3 heteroatoms. The quantitative estimate of drug-likeness (QED) is 0.783. The van der Waals surface area contributed by atoms with Gasteiger partial charge in [0.2, 0.25) is 0 Å². The van der Waals surface area contributed by atoms with E-state index in [1.54, 1.807) is 0 Å². The number of nitrogens with two attached hydrogens (primary N) is 1. The predicted octanol–water partition coefficient (Wildman–Crippen LogP) is 1.52. The summed E-state index contributed by atoms with van der Waals surface area (Å²) >= 11 is 0. The molecule has 3 rings (SSSR count). The zero-order valence-electron chi connectivity index (χ0n) is 11.1. The van der Waals surface area contributed by atoms with Crippen molar-refractivity contribution in [1.82, 2.24) is 5.32 Å². The summed E-state index contributed by atoms with van der Waals surface area (Å²) in [4.78, 5) is 0. The fraction of sp³-hybridized carbons (Fsp3) is 1.00. The van der Waals surface area contributed by atoms with Crippen LogP contribution in [0.5, 0.6) is 0 Å². The minimum Gasteiger partial charge on any atom is -0.377 e. The Bertz CT molecular complexity index is 294. The minimum absolute atomic E-state index is 0.168. The van der Waals surface area contributed by atoms with E-state index >= 15 is 0 Å². The van der Waals surface area contributed by atoms with Gasteiger partial charge >= 0.3 is 0 Å². The molecule has 3 nitrogen and oxygen atoms in total. The summed E-state index contributed by atoms with van der Waals surface area (Å²) in [7, 11) is 0. The maximum Gasteiger partial charge on any atom is 0.0726 e. The lowest BCUT2D eigenvalue weighted by Gasteiger charge is -2.34. The number of ether oxygens (including phenoxy) is 1. The van der Waals surface area contributed by atoms with Gasteiger partial charge in [-0.2, -0.15) is 0 Å². The van der Waals surface area contributed by atoms with Gasteiger partial charge in [-0.1, -0.05) is 0 Å². The minimum atomic E-state index is 0.168. The lowest BCUT2D eigenvalue weighted by molar-refractivity contribution is 0.0850. The van der Waals surface area contributed by atoms with Crippen LogP contribution in [0.15, 0.2) is 0 Å². The van der Waals surface area contributed by atoms with Crippen molar-refractivity contribution in [2.75, 3.05) is 13.2 Å². The summed E-state index contributed by atoms with van der Waals surface area (Å²) in [5.41, 5.74) is 6.52. The Kier molecular flexibility index (Phi) is 2.96. The van der Waals surface area contributed by atoms with Gasteiger partial charge < -0.3 is 15.8 Å². The van der Waals surface area contributed by atoms with Crippen LogP contribution in [0.2, 0.25) is 0 Å². The summed E-state index contributed by atoms with van der Waals surface area (Å²) in [6, 6.07) is 0.447. The molecular formula is C14H26N2O. The smallest absolute Gasteiger partial charge is 0.0726 e. The molecular weight excluding hydrogens is 212 g/mol. The van der Waals surface area contributed by atoms with E-state index in [2.05, 4.69) is 19.2 Å². The molecule has 6 atom stereocenters. The molecule has 0 radical (unpaired) electrons. The molecule has 98 valence electrons. The third-order valence-corrected chi connectivity index (χ3v) is 5.79. The molecule has 0 amide bonds. The van der Waals surface area contributed by atoms with Crippen molar-refractivity contribution in [2.45, 2.75) is 57.2 Å². The molecule has 1 heterocycles. The van der Waals surface area contributed by atoms with Crippen LogP contribution in [0.1, 0.15) is 39.5 Å². The van der Waals surface area contributed by atoms with Crippen molar-refractivity contribution >= 4 is 0 Å². The topological polar surface area (TPSA) is 47.3 Å². The van der Waals surface area contributed by atoms with Crippen molar-refractivity contribution in [3.8, 4) is 0 Å². The first kappa shape index (κ1) is 11.9. The number of nitrogens with one attached hydrogen (secondary N) is 1. The van der Waals surface area contributed by atoms with Crippen molar-refractivity contribution in [3.05, 3.63) is 0 Å². The van der Waals surface area contributed by atoms with E-state index in [0.717, 1.165) is 31.4 Å². The van der Waals surface area contributed by atoms with E-state index in [1.807, 2.05) is 0 Å². The summed E-state index contributed by atoms with van der Waals surface area (Å²) in [6.45, 7) is 6.46. The lowest BCUT2D eigenvalue weighted by atomic mass is 9.84. The van der Waals surface area contributed by atoms with Crippen LogP contribution in [0.4, 0.5) is 0 Å². The van der Waals surface area contributed by atoms with Crippen molar-refractivity contribution in [3.63, 3.8) is 0 Å². The first-order valence-electron chi connectivity index (χ1n) is 7.22. The fourth-order valence-electron chi connectivity index (χ4n) is 4.18. The van der Waals surface area contributed by atoms with Gasteiger partial charge in [-0.3, -0.25) is 0 Å². The predicted molar refractivity (Wildman–Crippen MR) is 68.7 cm³/mol. The zero-order valence-corrected chi connectivity index (χ0v) is 11.1. The van der Waals surface area contributed by atoms with E-state index in [9.17, 15) is 0 Å². The van der Waals surface area contributed by atoms with Gasteiger partial charge in [-0.15, -0.1) is 0 Å². The van der Waals surface area contributed by atoms with Crippen molar-refractivity contribution < 1.29 is 4.74 Å². The molecule has 3 aliphatic rings. The first-order valence-corrected chi connectivity index (χ1v) is 7.22. The highest BCUT2D eigenvalue weighted by Crippen LogP contribution is 2.47. The second-order valence-corrected chi connectivity index (χ2v) is 6.64. The monoisotopic (exact) mass is 238 g/mol. The maximum atomic E-state index is 6.36. The highest BCUT2D eigenvalue weighted by molar-refractivity contribution is 5.02. The van der Waals surface area contributed by atoms with E-state index in [-0.39, 0.29) is 5.54 Å². The highest BCUT2D eigenvalue weighted by atomic mass is 16.5. The molecule has 1 saturated heterocycles. The van der Waals surface area contributed by atoms with E-state index in [1.165, 1.54) is 19.3 Å². The fourth-order valence-corrected chi connectivity index (χ4v) is 4.18. The van der Waals surface area contributed by atoms with Gasteiger partial charge in [-0.25, -0.2) is 0 Å². The first-order chi connectivity index (χ1) is 8.10. The van der Waals surface area contributed by atoms with Gasteiger partial charge in [-0.05, 0) is 57.3 Å².